The van der Waals surface area contributed by atoms with Crippen LogP contribution in [-0.2, 0) is 11.3 Å². The average Bonchev–Trinajstić information content (AvgIpc) is 2.47. The molecular formula is C16H25N3O. The lowest BCUT2D eigenvalue weighted by atomic mass is 9.96. The van der Waals surface area contributed by atoms with Crippen LogP contribution < -0.4 is 10.2 Å². The first kappa shape index (κ1) is 14.9. The molecule has 0 radical (unpaired) electrons. The fourth-order valence-electron chi connectivity index (χ4n) is 2.67. The van der Waals surface area contributed by atoms with Crippen molar-refractivity contribution in [1.82, 2.24) is 10.2 Å². The number of carbonyl (C=O) groups excluding carboxylic acids is 1. The number of anilines is 1. The third-order valence-corrected chi connectivity index (χ3v) is 3.91. The number of hydrogen-bond acceptors (Lipinski definition) is 3. The Morgan fingerprint density at radius 1 is 1.25 bits per heavy atom. The van der Waals surface area contributed by atoms with Gasteiger partial charge in [0.1, 0.15) is 0 Å². The van der Waals surface area contributed by atoms with E-state index in [0.29, 0.717) is 6.54 Å². The SMILES string of the molecule is CN(Cc1cccc(N(C)C)c1)C(=O)C1CCNCC1. The Morgan fingerprint density at radius 2 is 1.95 bits per heavy atom. The first-order valence-corrected chi connectivity index (χ1v) is 7.30. The minimum absolute atomic E-state index is 0.193. The molecule has 1 aromatic carbocycles. The predicted molar refractivity (Wildman–Crippen MR) is 82.8 cm³/mol. The quantitative estimate of drug-likeness (QED) is 0.908. The molecular weight excluding hydrogens is 250 g/mol. The molecule has 1 N–H and O–H groups in total. The van der Waals surface area contributed by atoms with E-state index in [1.165, 1.54) is 11.3 Å². The van der Waals surface area contributed by atoms with Crippen LogP contribution >= 0.6 is 0 Å². The van der Waals surface area contributed by atoms with Gasteiger partial charge in [0.25, 0.3) is 0 Å². The Kier molecular flexibility index (Phi) is 5.01. The van der Waals surface area contributed by atoms with Crippen LogP contribution in [0.1, 0.15) is 18.4 Å². The first-order chi connectivity index (χ1) is 9.58. The number of nitrogens with zero attached hydrogens (tertiary/aromatic N) is 2. The molecule has 0 bridgehead atoms. The lowest BCUT2D eigenvalue weighted by Crippen LogP contribution is -2.38. The molecule has 1 heterocycles. The van der Waals surface area contributed by atoms with Crippen LogP contribution in [0.2, 0.25) is 0 Å². The van der Waals surface area contributed by atoms with E-state index in [2.05, 4.69) is 28.4 Å². The lowest BCUT2D eigenvalue weighted by molar-refractivity contribution is -0.135. The van der Waals surface area contributed by atoms with Gasteiger partial charge in [0, 0.05) is 39.3 Å². The second-order valence-electron chi connectivity index (χ2n) is 5.78. The zero-order valence-corrected chi connectivity index (χ0v) is 12.7. The van der Waals surface area contributed by atoms with Crippen LogP contribution in [0.15, 0.2) is 24.3 Å². The third kappa shape index (κ3) is 3.73. The summed E-state index contributed by atoms with van der Waals surface area (Å²) in [5.74, 6) is 0.472. The fraction of sp³-hybridized carbons (Fsp3) is 0.562. The smallest absolute Gasteiger partial charge is 0.225 e. The molecule has 0 atom stereocenters. The summed E-state index contributed by atoms with van der Waals surface area (Å²) in [6.45, 7) is 2.60. The number of piperidine rings is 1. The largest absolute Gasteiger partial charge is 0.378 e. The molecule has 2 rings (SSSR count). The number of nitrogens with one attached hydrogen (secondary N) is 1. The Labute approximate surface area is 121 Å². The van der Waals surface area contributed by atoms with Crippen LogP contribution in [-0.4, -0.2) is 45.0 Å². The Balaban J connectivity index is 1.97. The van der Waals surface area contributed by atoms with Crippen molar-refractivity contribution in [2.45, 2.75) is 19.4 Å². The zero-order chi connectivity index (χ0) is 14.5. The van der Waals surface area contributed by atoms with Crippen molar-refractivity contribution in [2.75, 3.05) is 39.1 Å². The second kappa shape index (κ2) is 6.75. The van der Waals surface area contributed by atoms with Gasteiger partial charge in [0.2, 0.25) is 5.91 Å². The highest BCUT2D eigenvalue weighted by atomic mass is 16.2. The highest BCUT2D eigenvalue weighted by Crippen LogP contribution is 2.18. The highest BCUT2D eigenvalue weighted by molar-refractivity contribution is 5.78. The summed E-state index contributed by atoms with van der Waals surface area (Å²) in [5, 5.41) is 3.30. The van der Waals surface area contributed by atoms with Crippen LogP contribution in [0.25, 0.3) is 0 Å². The molecule has 1 fully saturated rings. The molecule has 1 aliphatic rings. The van der Waals surface area contributed by atoms with E-state index in [4.69, 9.17) is 0 Å². The van der Waals surface area contributed by atoms with Crippen molar-refractivity contribution in [1.29, 1.82) is 0 Å². The topological polar surface area (TPSA) is 35.6 Å². The van der Waals surface area contributed by atoms with E-state index in [1.54, 1.807) is 0 Å². The van der Waals surface area contributed by atoms with Gasteiger partial charge in [-0.1, -0.05) is 12.1 Å². The molecule has 110 valence electrons. The van der Waals surface area contributed by atoms with E-state index in [0.717, 1.165) is 25.9 Å². The summed E-state index contributed by atoms with van der Waals surface area (Å²) in [6, 6.07) is 8.36. The van der Waals surface area contributed by atoms with Gasteiger partial charge in [-0.05, 0) is 43.6 Å². The van der Waals surface area contributed by atoms with Gasteiger partial charge >= 0.3 is 0 Å². The molecule has 1 aromatic rings. The minimum atomic E-state index is 0.193. The number of benzene rings is 1. The molecule has 1 amide bonds. The monoisotopic (exact) mass is 275 g/mol. The number of carbonyl (C=O) groups is 1. The maximum absolute atomic E-state index is 12.4. The van der Waals surface area contributed by atoms with E-state index in [1.807, 2.05) is 32.1 Å². The average molecular weight is 275 g/mol. The number of rotatable bonds is 4. The summed E-state index contributed by atoms with van der Waals surface area (Å²) in [7, 11) is 5.97. The van der Waals surface area contributed by atoms with Crippen molar-refractivity contribution >= 4 is 11.6 Å². The molecule has 0 aromatic heterocycles. The molecule has 0 aliphatic carbocycles. The van der Waals surface area contributed by atoms with E-state index < -0.39 is 0 Å². The standard InChI is InChI=1S/C16H25N3O/c1-18(2)15-6-4-5-13(11-15)12-19(3)16(20)14-7-9-17-10-8-14/h4-6,11,14,17H,7-10,12H2,1-3H3. The van der Waals surface area contributed by atoms with Crippen LogP contribution in [0.5, 0.6) is 0 Å². The maximum Gasteiger partial charge on any atom is 0.225 e. The van der Waals surface area contributed by atoms with Gasteiger partial charge in [-0.15, -0.1) is 0 Å². The number of hydrogen-bond donors (Lipinski definition) is 1. The summed E-state index contributed by atoms with van der Waals surface area (Å²) < 4.78 is 0. The molecule has 20 heavy (non-hydrogen) atoms. The lowest BCUT2D eigenvalue weighted by Gasteiger charge is -2.27. The molecule has 0 unspecified atom stereocenters. The normalized spacial score (nSPS) is 15.9. The molecule has 1 aliphatic heterocycles. The molecule has 1 saturated heterocycles. The van der Waals surface area contributed by atoms with E-state index >= 15 is 0 Å². The Bertz CT molecular complexity index is 453. The van der Waals surface area contributed by atoms with Gasteiger partial charge in [-0.3, -0.25) is 4.79 Å². The van der Waals surface area contributed by atoms with Crippen LogP contribution in [0, 0.1) is 5.92 Å². The fourth-order valence-corrected chi connectivity index (χ4v) is 2.67. The minimum Gasteiger partial charge on any atom is -0.378 e. The molecule has 0 spiro atoms. The first-order valence-electron chi connectivity index (χ1n) is 7.30. The summed E-state index contributed by atoms with van der Waals surface area (Å²) in [4.78, 5) is 16.4. The predicted octanol–water partition coefficient (Wildman–Crippen LogP) is 1.71. The van der Waals surface area contributed by atoms with Crippen molar-refractivity contribution < 1.29 is 4.79 Å². The maximum atomic E-state index is 12.4. The van der Waals surface area contributed by atoms with Gasteiger partial charge in [-0.2, -0.15) is 0 Å². The van der Waals surface area contributed by atoms with Crippen molar-refractivity contribution in [2.24, 2.45) is 5.92 Å². The Morgan fingerprint density at radius 3 is 2.60 bits per heavy atom. The van der Waals surface area contributed by atoms with Gasteiger partial charge < -0.3 is 15.1 Å². The zero-order valence-electron chi connectivity index (χ0n) is 12.7. The van der Waals surface area contributed by atoms with Crippen molar-refractivity contribution in [3.05, 3.63) is 29.8 Å². The Hall–Kier alpha value is -1.55. The summed E-state index contributed by atoms with van der Waals surface area (Å²) in [5.41, 5.74) is 2.35. The molecule has 4 heteroatoms. The summed E-state index contributed by atoms with van der Waals surface area (Å²) in [6.07, 6.45) is 1.92. The van der Waals surface area contributed by atoms with Crippen LogP contribution in [0.3, 0.4) is 0 Å². The van der Waals surface area contributed by atoms with Gasteiger partial charge in [0.05, 0.1) is 0 Å². The number of amides is 1. The summed E-state index contributed by atoms with van der Waals surface area (Å²) >= 11 is 0. The highest BCUT2D eigenvalue weighted by Gasteiger charge is 2.23. The molecule has 0 saturated carbocycles. The van der Waals surface area contributed by atoms with Crippen molar-refractivity contribution in [3.63, 3.8) is 0 Å². The molecule has 4 nitrogen and oxygen atoms in total. The van der Waals surface area contributed by atoms with Gasteiger partial charge in [-0.25, -0.2) is 0 Å². The third-order valence-electron chi connectivity index (χ3n) is 3.91. The van der Waals surface area contributed by atoms with Crippen LogP contribution in [0.4, 0.5) is 5.69 Å². The van der Waals surface area contributed by atoms with Gasteiger partial charge in [0.15, 0.2) is 0 Å². The second-order valence-corrected chi connectivity index (χ2v) is 5.78. The van der Waals surface area contributed by atoms with E-state index in [-0.39, 0.29) is 11.8 Å². The van der Waals surface area contributed by atoms with E-state index in [9.17, 15) is 4.79 Å². The van der Waals surface area contributed by atoms with Crippen molar-refractivity contribution in [3.8, 4) is 0 Å².